The summed E-state index contributed by atoms with van der Waals surface area (Å²) in [6.45, 7) is 4.47. The van der Waals surface area contributed by atoms with E-state index in [4.69, 9.17) is 18.9 Å². The minimum absolute atomic E-state index is 0.207. The minimum Gasteiger partial charge on any atom is -0.467 e. The number of rotatable bonds is 7. The average molecular weight is 482 g/mol. The lowest BCUT2D eigenvalue weighted by Crippen LogP contribution is -2.67. The van der Waals surface area contributed by atoms with Gasteiger partial charge in [-0.05, 0) is 32.9 Å². The van der Waals surface area contributed by atoms with Crippen molar-refractivity contribution in [3.63, 3.8) is 0 Å². The van der Waals surface area contributed by atoms with Crippen molar-refractivity contribution in [2.24, 2.45) is 0 Å². The van der Waals surface area contributed by atoms with Crippen molar-refractivity contribution in [3.8, 4) is 0 Å². The second-order valence-corrected chi connectivity index (χ2v) is 8.36. The number of carbonyl (C=O) groups is 4. The maximum Gasteiger partial charge on any atom is 0.408 e. The highest BCUT2D eigenvalue weighted by Gasteiger charge is 2.51. The Balaban J connectivity index is 2.20. The summed E-state index contributed by atoms with van der Waals surface area (Å²) in [5, 5.41) is 15.5. The van der Waals surface area contributed by atoms with Crippen molar-refractivity contribution in [3.05, 3.63) is 35.9 Å². The molecule has 1 aromatic carbocycles. The Kier molecular flexibility index (Phi) is 9.36. The summed E-state index contributed by atoms with van der Waals surface area (Å²) >= 11 is 0. The third-order valence-electron chi connectivity index (χ3n) is 4.62. The van der Waals surface area contributed by atoms with Gasteiger partial charge < -0.3 is 39.4 Å². The molecule has 2 amide bonds. The predicted octanol–water partition coefficient (Wildman–Crippen LogP) is 0.127. The maximum atomic E-state index is 12.6. The molecule has 1 heterocycles. The smallest absolute Gasteiger partial charge is 0.408 e. The van der Waals surface area contributed by atoms with E-state index >= 15 is 0 Å². The van der Waals surface area contributed by atoms with E-state index in [-0.39, 0.29) is 5.56 Å². The number of alkyl carbamates (subject to hydrolysis) is 1. The Hall–Kier alpha value is -3.22. The van der Waals surface area contributed by atoms with Crippen LogP contribution in [0.1, 0.15) is 31.1 Å². The fourth-order valence-corrected chi connectivity index (χ4v) is 3.12. The number of hydrogen-bond donors (Lipinski definition) is 3. The molecule has 0 radical (unpaired) electrons. The molecule has 0 unspecified atom stereocenters. The van der Waals surface area contributed by atoms with Crippen LogP contribution in [0.15, 0.2) is 30.3 Å². The van der Waals surface area contributed by atoms with Gasteiger partial charge in [-0.1, -0.05) is 18.2 Å². The van der Waals surface area contributed by atoms with Gasteiger partial charge >= 0.3 is 18.0 Å². The van der Waals surface area contributed by atoms with E-state index in [2.05, 4.69) is 15.4 Å². The minimum atomic E-state index is -1.67. The Morgan fingerprint density at radius 2 is 1.74 bits per heavy atom. The lowest BCUT2D eigenvalue weighted by atomic mass is 9.95. The lowest BCUT2D eigenvalue weighted by Gasteiger charge is -2.42. The number of amides is 2. The van der Waals surface area contributed by atoms with Gasteiger partial charge in [0, 0.05) is 7.11 Å². The van der Waals surface area contributed by atoms with Gasteiger partial charge in [0.15, 0.2) is 18.5 Å². The van der Waals surface area contributed by atoms with Crippen LogP contribution in [0.5, 0.6) is 0 Å². The fraction of sp³-hybridized carbons (Fsp3) is 0.545. The van der Waals surface area contributed by atoms with Gasteiger partial charge in [0.2, 0.25) is 5.91 Å². The summed E-state index contributed by atoms with van der Waals surface area (Å²) in [6, 6.07) is 6.66. The first-order chi connectivity index (χ1) is 16.0. The molecule has 1 aliphatic rings. The first kappa shape index (κ1) is 27.0. The highest BCUT2D eigenvalue weighted by molar-refractivity contribution is 5.89. The van der Waals surface area contributed by atoms with E-state index < -0.39 is 66.7 Å². The topological polar surface area (TPSA) is 159 Å². The van der Waals surface area contributed by atoms with Crippen LogP contribution in [0.4, 0.5) is 4.79 Å². The molecule has 1 aliphatic heterocycles. The summed E-state index contributed by atoms with van der Waals surface area (Å²) in [7, 11) is 2.34. The number of carbonyl (C=O) groups excluding carboxylic acids is 4. The second-order valence-electron chi connectivity index (χ2n) is 8.36. The molecule has 34 heavy (non-hydrogen) atoms. The third kappa shape index (κ3) is 7.40. The Labute approximate surface area is 196 Å². The fourth-order valence-electron chi connectivity index (χ4n) is 3.12. The lowest BCUT2D eigenvalue weighted by molar-refractivity contribution is -0.265. The van der Waals surface area contributed by atoms with Crippen LogP contribution in [0.2, 0.25) is 0 Å². The maximum absolute atomic E-state index is 12.6. The molecule has 0 aromatic heterocycles. The zero-order chi connectivity index (χ0) is 25.5. The molecule has 0 bridgehead atoms. The van der Waals surface area contributed by atoms with Gasteiger partial charge in [-0.3, -0.25) is 4.79 Å². The van der Waals surface area contributed by atoms with Gasteiger partial charge in [0.05, 0.1) is 12.7 Å². The van der Waals surface area contributed by atoms with Crippen LogP contribution in [-0.2, 0) is 33.3 Å². The second kappa shape index (κ2) is 11.8. The zero-order valence-corrected chi connectivity index (χ0v) is 19.6. The van der Waals surface area contributed by atoms with Crippen molar-refractivity contribution in [1.82, 2.24) is 10.6 Å². The highest BCUT2D eigenvalue weighted by atomic mass is 16.7. The number of benzene rings is 1. The highest BCUT2D eigenvalue weighted by Crippen LogP contribution is 2.26. The molecule has 12 nitrogen and oxygen atoms in total. The van der Waals surface area contributed by atoms with Gasteiger partial charge in [-0.2, -0.15) is 0 Å². The molecule has 0 saturated carbocycles. The van der Waals surface area contributed by atoms with Gasteiger partial charge in [0.1, 0.15) is 24.3 Å². The van der Waals surface area contributed by atoms with Crippen LogP contribution in [0, 0.1) is 0 Å². The van der Waals surface area contributed by atoms with Crippen molar-refractivity contribution in [2.75, 3.05) is 20.8 Å². The number of aliphatic hydroxyl groups is 1. The molecule has 0 spiro atoms. The van der Waals surface area contributed by atoms with Crippen molar-refractivity contribution in [1.29, 1.82) is 0 Å². The number of nitrogens with one attached hydrogen (secondary N) is 2. The molecular weight excluding hydrogens is 452 g/mol. The van der Waals surface area contributed by atoms with Crippen molar-refractivity contribution in [2.45, 2.75) is 57.0 Å². The summed E-state index contributed by atoms with van der Waals surface area (Å²) in [4.78, 5) is 49.1. The van der Waals surface area contributed by atoms with Crippen LogP contribution < -0.4 is 10.6 Å². The van der Waals surface area contributed by atoms with E-state index in [0.717, 1.165) is 7.11 Å². The number of methoxy groups -OCH3 is 2. The molecule has 2 rings (SSSR count). The largest absolute Gasteiger partial charge is 0.467 e. The number of ether oxygens (including phenoxy) is 5. The van der Waals surface area contributed by atoms with Crippen LogP contribution in [0.3, 0.4) is 0 Å². The molecule has 1 saturated heterocycles. The quantitative estimate of drug-likeness (QED) is 0.360. The zero-order valence-electron chi connectivity index (χ0n) is 19.6. The molecule has 188 valence electrons. The summed E-state index contributed by atoms with van der Waals surface area (Å²) in [5.74, 6) is -2.45. The van der Waals surface area contributed by atoms with Crippen LogP contribution >= 0.6 is 0 Å². The molecule has 3 N–H and O–H groups in total. The average Bonchev–Trinajstić information content (AvgIpc) is 2.79. The number of hydrogen-bond acceptors (Lipinski definition) is 10. The first-order valence-corrected chi connectivity index (χ1v) is 10.4. The van der Waals surface area contributed by atoms with Gasteiger partial charge in [-0.25, -0.2) is 14.4 Å². The van der Waals surface area contributed by atoms with Crippen LogP contribution in [0.25, 0.3) is 0 Å². The Bertz CT molecular complexity index is 870. The van der Waals surface area contributed by atoms with E-state index in [1.165, 1.54) is 19.2 Å². The van der Waals surface area contributed by atoms with E-state index in [9.17, 15) is 24.3 Å². The summed E-state index contributed by atoms with van der Waals surface area (Å²) in [5.41, 5.74) is -0.563. The molecule has 0 aliphatic carbocycles. The predicted molar refractivity (Wildman–Crippen MR) is 116 cm³/mol. The Morgan fingerprint density at radius 1 is 1.09 bits per heavy atom. The standard InChI is InChI=1S/C22H30N2O10/c1-22(2,3)34-21(29)23-11-13(25)24-14-15(26)17(19(28)30-4)33-20(31-5)16(14)32-18(27)12-9-7-6-8-10-12/h6-10,14-17,20,26H,11H2,1-5H3,(H,23,29)(H,24,25)/t14-,15+,16-,17+,20+/m1/s1. The van der Waals surface area contributed by atoms with E-state index in [1.54, 1.807) is 39.0 Å². The molecule has 1 aromatic rings. The SMILES string of the molecule is COC(=O)[C@H]1O[C@H](OC)[C@H](OC(=O)c2ccccc2)[C@H](NC(=O)CNC(=O)OC(C)(C)C)[C@@H]1O. The van der Waals surface area contributed by atoms with Crippen molar-refractivity contribution >= 4 is 23.9 Å². The number of aliphatic hydroxyl groups excluding tert-OH is 1. The normalized spacial score (nSPS) is 24.5. The van der Waals surface area contributed by atoms with E-state index in [1.807, 2.05) is 0 Å². The van der Waals surface area contributed by atoms with Crippen molar-refractivity contribution < 1.29 is 48.0 Å². The third-order valence-corrected chi connectivity index (χ3v) is 4.62. The molecule has 1 fully saturated rings. The summed E-state index contributed by atoms with van der Waals surface area (Å²) < 4.78 is 25.9. The monoisotopic (exact) mass is 482 g/mol. The van der Waals surface area contributed by atoms with Crippen LogP contribution in [-0.4, -0.2) is 86.1 Å². The Morgan fingerprint density at radius 3 is 2.29 bits per heavy atom. The molecule has 12 heteroatoms. The summed E-state index contributed by atoms with van der Waals surface area (Å²) in [6.07, 6.45) is -6.71. The van der Waals surface area contributed by atoms with Gasteiger partial charge in [-0.15, -0.1) is 0 Å². The van der Waals surface area contributed by atoms with E-state index in [0.29, 0.717) is 0 Å². The van der Waals surface area contributed by atoms with Gasteiger partial charge in [0.25, 0.3) is 0 Å². The number of esters is 2. The molecule has 5 atom stereocenters. The first-order valence-electron chi connectivity index (χ1n) is 10.4. The molecular formula is C22H30N2O10.